The Balaban J connectivity index is 2.24. The Morgan fingerprint density at radius 2 is 1.33 bits per heavy atom. The fourth-order valence-electron chi connectivity index (χ4n) is 2.92. The summed E-state index contributed by atoms with van der Waals surface area (Å²) < 4.78 is 24.4. The Morgan fingerprint density at radius 3 is 2.08 bits per heavy atom. The zero-order valence-electron chi connectivity index (χ0n) is 13.9. The average molecular weight is 340 g/mol. The second kappa shape index (κ2) is 7.31. The van der Waals surface area contributed by atoms with Gasteiger partial charge in [-0.05, 0) is 41.8 Å². The lowest BCUT2D eigenvalue weighted by molar-refractivity contribution is 0.230. The summed E-state index contributed by atoms with van der Waals surface area (Å²) in [5, 5.41) is 2.88. The Labute approximate surface area is 142 Å². The molecule has 0 amide bonds. The van der Waals surface area contributed by atoms with E-state index < -0.39 is 7.60 Å². The highest BCUT2D eigenvalue weighted by Gasteiger charge is 2.30. The molecule has 3 aromatic rings. The van der Waals surface area contributed by atoms with E-state index in [2.05, 4.69) is 18.2 Å². The number of fused-ring (bicyclic) bond motifs is 1. The molecule has 0 aromatic heterocycles. The maximum atomic E-state index is 13.3. The molecule has 0 spiro atoms. The van der Waals surface area contributed by atoms with Crippen molar-refractivity contribution in [3.05, 3.63) is 66.7 Å². The number of hydrogen-bond donors (Lipinski definition) is 0. The maximum Gasteiger partial charge on any atom is 0.361 e. The SMILES string of the molecule is CCOP(=O)(OCC)c1ccccc1-c1cccc2ccccc12. The van der Waals surface area contributed by atoms with Crippen LogP contribution >= 0.6 is 7.60 Å². The molecule has 0 aliphatic heterocycles. The van der Waals surface area contributed by atoms with Crippen molar-refractivity contribution in [3.63, 3.8) is 0 Å². The Bertz CT molecular complexity index is 873. The molecule has 0 atom stereocenters. The molecule has 0 saturated heterocycles. The summed E-state index contributed by atoms with van der Waals surface area (Å²) in [4.78, 5) is 0. The van der Waals surface area contributed by atoms with Crippen LogP contribution in [-0.2, 0) is 13.6 Å². The maximum absolute atomic E-state index is 13.3. The lowest BCUT2D eigenvalue weighted by Gasteiger charge is -2.20. The molecule has 124 valence electrons. The summed E-state index contributed by atoms with van der Waals surface area (Å²) in [6.45, 7) is 4.32. The van der Waals surface area contributed by atoms with Crippen LogP contribution in [0.1, 0.15) is 13.8 Å². The molecule has 0 saturated carbocycles. The van der Waals surface area contributed by atoms with Gasteiger partial charge < -0.3 is 9.05 Å². The summed E-state index contributed by atoms with van der Waals surface area (Å²) in [6.07, 6.45) is 0. The molecule has 3 rings (SSSR count). The third-order valence-electron chi connectivity index (χ3n) is 3.88. The van der Waals surface area contributed by atoms with Gasteiger partial charge in [-0.3, -0.25) is 4.57 Å². The van der Waals surface area contributed by atoms with E-state index >= 15 is 0 Å². The van der Waals surface area contributed by atoms with Gasteiger partial charge in [0, 0.05) is 0 Å². The topological polar surface area (TPSA) is 35.5 Å². The van der Waals surface area contributed by atoms with Gasteiger partial charge in [-0.2, -0.15) is 0 Å². The molecule has 0 fully saturated rings. The minimum atomic E-state index is -3.35. The second-order valence-electron chi connectivity index (χ2n) is 5.38. The quantitative estimate of drug-likeness (QED) is 0.564. The smallest absolute Gasteiger partial charge is 0.305 e. The molecule has 4 heteroatoms. The van der Waals surface area contributed by atoms with Crippen molar-refractivity contribution < 1.29 is 13.6 Å². The molecule has 24 heavy (non-hydrogen) atoms. The van der Waals surface area contributed by atoms with Crippen molar-refractivity contribution in [2.24, 2.45) is 0 Å². The van der Waals surface area contributed by atoms with E-state index in [0.29, 0.717) is 18.5 Å². The first-order chi connectivity index (χ1) is 11.7. The second-order valence-corrected chi connectivity index (χ2v) is 7.37. The van der Waals surface area contributed by atoms with Crippen LogP contribution in [-0.4, -0.2) is 13.2 Å². The largest absolute Gasteiger partial charge is 0.361 e. The standard InChI is InChI=1S/C20H21O3P/c1-3-22-24(21,23-4-2)20-15-8-7-13-19(20)18-14-9-11-16-10-5-6-12-17(16)18/h5-15H,3-4H2,1-2H3. The third kappa shape index (κ3) is 3.16. The van der Waals surface area contributed by atoms with Crippen molar-refractivity contribution in [3.8, 4) is 11.1 Å². The molecule has 3 nitrogen and oxygen atoms in total. The first kappa shape index (κ1) is 16.9. The highest BCUT2D eigenvalue weighted by atomic mass is 31.2. The van der Waals surface area contributed by atoms with Crippen LogP contribution in [0.4, 0.5) is 0 Å². The molecule has 0 heterocycles. The van der Waals surface area contributed by atoms with Crippen LogP contribution in [0.5, 0.6) is 0 Å². The van der Waals surface area contributed by atoms with Crippen LogP contribution in [0.2, 0.25) is 0 Å². The normalized spacial score (nSPS) is 11.8. The van der Waals surface area contributed by atoms with E-state index in [1.165, 1.54) is 0 Å². The molecule has 0 bridgehead atoms. The van der Waals surface area contributed by atoms with Gasteiger partial charge in [0.25, 0.3) is 0 Å². The van der Waals surface area contributed by atoms with Crippen LogP contribution in [0.25, 0.3) is 21.9 Å². The third-order valence-corrected chi connectivity index (χ3v) is 6.05. The summed E-state index contributed by atoms with van der Waals surface area (Å²) in [5.41, 5.74) is 1.92. The van der Waals surface area contributed by atoms with E-state index in [1.807, 2.05) is 62.4 Å². The Hall–Kier alpha value is -1.93. The number of rotatable bonds is 6. The minimum absolute atomic E-state index is 0.334. The first-order valence-corrected chi connectivity index (χ1v) is 9.70. The molecule has 0 N–H and O–H groups in total. The molecule has 0 radical (unpaired) electrons. The van der Waals surface area contributed by atoms with Crippen molar-refractivity contribution in [2.45, 2.75) is 13.8 Å². The molecular formula is C20H21O3P. The predicted molar refractivity (Wildman–Crippen MR) is 99.9 cm³/mol. The van der Waals surface area contributed by atoms with E-state index in [-0.39, 0.29) is 0 Å². The summed E-state index contributed by atoms with van der Waals surface area (Å²) in [6, 6.07) is 21.9. The lowest BCUT2D eigenvalue weighted by atomic mass is 9.98. The molecular weight excluding hydrogens is 319 g/mol. The van der Waals surface area contributed by atoms with E-state index in [9.17, 15) is 4.57 Å². The van der Waals surface area contributed by atoms with Crippen LogP contribution in [0, 0.1) is 0 Å². The van der Waals surface area contributed by atoms with E-state index in [0.717, 1.165) is 21.9 Å². The van der Waals surface area contributed by atoms with Gasteiger partial charge in [0.1, 0.15) is 0 Å². The number of benzene rings is 3. The summed E-state index contributed by atoms with van der Waals surface area (Å²) in [7, 11) is -3.35. The van der Waals surface area contributed by atoms with Crippen molar-refractivity contribution in [1.29, 1.82) is 0 Å². The highest BCUT2D eigenvalue weighted by molar-refractivity contribution is 7.62. The van der Waals surface area contributed by atoms with E-state index in [4.69, 9.17) is 9.05 Å². The summed E-state index contributed by atoms with van der Waals surface area (Å²) in [5.74, 6) is 0. The van der Waals surface area contributed by atoms with Gasteiger partial charge in [0.15, 0.2) is 0 Å². The van der Waals surface area contributed by atoms with Gasteiger partial charge >= 0.3 is 7.60 Å². The van der Waals surface area contributed by atoms with Gasteiger partial charge in [-0.1, -0.05) is 60.7 Å². The fourth-order valence-corrected chi connectivity index (χ4v) is 4.71. The molecule has 0 aliphatic carbocycles. The fraction of sp³-hybridized carbons (Fsp3) is 0.200. The van der Waals surface area contributed by atoms with Gasteiger partial charge in [0.05, 0.1) is 18.5 Å². The minimum Gasteiger partial charge on any atom is -0.305 e. The zero-order chi connectivity index (χ0) is 17.0. The molecule has 0 aliphatic rings. The average Bonchev–Trinajstić information content (AvgIpc) is 2.62. The van der Waals surface area contributed by atoms with Gasteiger partial charge in [-0.25, -0.2) is 0 Å². The number of hydrogen-bond acceptors (Lipinski definition) is 3. The predicted octanol–water partition coefficient (Wildman–Crippen LogP) is 5.40. The first-order valence-electron chi connectivity index (χ1n) is 8.16. The summed E-state index contributed by atoms with van der Waals surface area (Å²) >= 11 is 0. The van der Waals surface area contributed by atoms with Crippen LogP contribution < -0.4 is 5.30 Å². The molecule has 0 unspecified atom stereocenters. The van der Waals surface area contributed by atoms with E-state index in [1.54, 1.807) is 0 Å². The van der Waals surface area contributed by atoms with Gasteiger partial charge in [0.2, 0.25) is 0 Å². The van der Waals surface area contributed by atoms with Crippen LogP contribution in [0.3, 0.4) is 0 Å². The lowest BCUT2D eigenvalue weighted by Crippen LogP contribution is -2.13. The highest BCUT2D eigenvalue weighted by Crippen LogP contribution is 2.49. The molecule has 3 aromatic carbocycles. The van der Waals surface area contributed by atoms with Crippen LogP contribution in [0.15, 0.2) is 66.7 Å². The Morgan fingerprint density at radius 1 is 0.750 bits per heavy atom. The monoisotopic (exact) mass is 340 g/mol. The van der Waals surface area contributed by atoms with Crippen molar-refractivity contribution in [1.82, 2.24) is 0 Å². The van der Waals surface area contributed by atoms with Gasteiger partial charge in [-0.15, -0.1) is 0 Å². The van der Waals surface area contributed by atoms with Crippen molar-refractivity contribution in [2.75, 3.05) is 13.2 Å². The Kier molecular flexibility index (Phi) is 5.15. The van der Waals surface area contributed by atoms with Crippen molar-refractivity contribution >= 4 is 23.7 Å². The zero-order valence-corrected chi connectivity index (χ0v) is 14.8.